The van der Waals surface area contributed by atoms with Gasteiger partial charge in [0.15, 0.2) is 4.34 Å². The lowest BCUT2D eigenvalue weighted by Crippen LogP contribution is -2.43. The van der Waals surface area contributed by atoms with Gasteiger partial charge >= 0.3 is 0 Å². The second kappa shape index (κ2) is 8.43. The minimum Gasteiger partial charge on any atom is -0.383 e. The topological polar surface area (TPSA) is 76.1 Å². The van der Waals surface area contributed by atoms with E-state index in [2.05, 4.69) is 27.8 Å². The molecule has 0 saturated carbocycles. The van der Waals surface area contributed by atoms with E-state index in [1.54, 1.807) is 7.11 Å². The van der Waals surface area contributed by atoms with E-state index in [0.29, 0.717) is 18.9 Å². The van der Waals surface area contributed by atoms with Gasteiger partial charge in [0.2, 0.25) is 11.0 Å². The smallest absolute Gasteiger partial charge is 0.230 e. The summed E-state index contributed by atoms with van der Waals surface area (Å²) < 4.78 is 5.73. The van der Waals surface area contributed by atoms with Gasteiger partial charge in [-0.15, -0.1) is 10.2 Å². The van der Waals surface area contributed by atoms with E-state index in [4.69, 9.17) is 4.74 Å². The van der Waals surface area contributed by atoms with E-state index < -0.39 is 0 Å². The number of methoxy groups -OCH3 is 1. The van der Waals surface area contributed by atoms with Crippen molar-refractivity contribution in [1.82, 2.24) is 15.5 Å². The second-order valence-corrected chi connectivity index (χ2v) is 7.07. The second-order valence-electron chi connectivity index (χ2n) is 4.87. The van der Waals surface area contributed by atoms with Gasteiger partial charge in [0.1, 0.15) is 0 Å². The van der Waals surface area contributed by atoms with Gasteiger partial charge < -0.3 is 15.4 Å². The number of hydrogen-bond donors (Lipinski definition) is 2. The van der Waals surface area contributed by atoms with Crippen LogP contribution in [0.25, 0.3) is 0 Å². The SMILES string of the molecule is CCC(C)(C)NC(=O)CSc1nnc(NCCOC)s1. The number of anilines is 1. The fraction of sp³-hybridized carbons (Fsp3) is 0.750. The molecule has 0 bridgehead atoms. The zero-order chi connectivity index (χ0) is 15.0. The Morgan fingerprint density at radius 1 is 1.45 bits per heavy atom. The molecule has 0 radical (unpaired) electrons. The minimum atomic E-state index is -0.161. The first-order valence-corrected chi connectivity index (χ1v) is 8.27. The Kier molecular flexibility index (Phi) is 7.25. The molecular formula is C12H22N4O2S2. The molecule has 0 aliphatic heterocycles. The third-order valence-corrected chi connectivity index (χ3v) is 4.69. The number of ether oxygens (including phenoxy) is 1. The van der Waals surface area contributed by atoms with Crippen LogP contribution in [0.5, 0.6) is 0 Å². The number of aromatic nitrogens is 2. The summed E-state index contributed by atoms with van der Waals surface area (Å²) in [7, 11) is 1.65. The summed E-state index contributed by atoms with van der Waals surface area (Å²) in [5.74, 6) is 0.377. The third kappa shape index (κ3) is 6.53. The van der Waals surface area contributed by atoms with E-state index in [0.717, 1.165) is 15.9 Å². The Morgan fingerprint density at radius 2 is 2.20 bits per heavy atom. The number of rotatable bonds is 9. The highest BCUT2D eigenvalue weighted by Gasteiger charge is 2.18. The fourth-order valence-electron chi connectivity index (χ4n) is 1.23. The number of amides is 1. The van der Waals surface area contributed by atoms with Crippen LogP contribution in [-0.4, -0.2) is 47.7 Å². The summed E-state index contributed by atoms with van der Waals surface area (Å²) in [6.07, 6.45) is 0.899. The van der Waals surface area contributed by atoms with Gasteiger partial charge in [0, 0.05) is 19.2 Å². The molecule has 6 nitrogen and oxygen atoms in total. The predicted octanol–water partition coefficient (Wildman–Crippen LogP) is 1.99. The molecule has 0 aromatic carbocycles. The number of thioether (sulfide) groups is 1. The molecular weight excluding hydrogens is 296 g/mol. The van der Waals surface area contributed by atoms with Gasteiger partial charge in [0.05, 0.1) is 12.4 Å². The van der Waals surface area contributed by atoms with Crippen LogP contribution >= 0.6 is 23.1 Å². The van der Waals surface area contributed by atoms with Gasteiger partial charge in [-0.25, -0.2) is 0 Å². The summed E-state index contributed by atoms with van der Waals surface area (Å²) in [5, 5.41) is 14.9. The molecule has 0 saturated heterocycles. The zero-order valence-electron chi connectivity index (χ0n) is 12.4. The van der Waals surface area contributed by atoms with E-state index in [1.165, 1.54) is 23.1 Å². The molecule has 0 unspecified atom stereocenters. The standard InChI is InChI=1S/C12H22N4O2S2/c1-5-12(2,3)14-9(17)8-19-11-16-15-10(20-11)13-6-7-18-4/h5-8H2,1-4H3,(H,13,15)(H,14,17). The number of nitrogens with zero attached hydrogens (tertiary/aromatic N) is 2. The van der Waals surface area contributed by atoms with Crippen LogP contribution in [-0.2, 0) is 9.53 Å². The average molecular weight is 318 g/mol. The van der Waals surface area contributed by atoms with Crippen molar-refractivity contribution in [2.24, 2.45) is 0 Å². The quantitative estimate of drug-likeness (QED) is 0.536. The predicted molar refractivity (Wildman–Crippen MR) is 83.5 cm³/mol. The van der Waals surface area contributed by atoms with Crippen LogP contribution < -0.4 is 10.6 Å². The summed E-state index contributed by atoms with van der Waals surface area (Å²) in [6.45, 7) is 7.39. The molecule has 0 atom stereocenters. The maximum absolute atomic E-state index is 11.8. The Balaban J connectivity index is 2.33. The molecule has 1 aromatic heterocycles. The summed E-state index contributed by atoms with van der Waals surface area (Å²) >= 11 is 2.84. The normalized spacial score (nSPS) is 11.4. The van der Waals surface area contributed by atoms with Crippen molar-refractivity contribution in [3.63, 3.8) is 0 Å². The molecule has 2 N–H and O–H groups in total. The van der Waals surface area contributed by atoms with Crippen LogP contribution in [0.3, 0.4) is 0 Å². The van der Waals surface area contributed by atoms with Crippen LogP contribution in [0.15, 0.2) is 4.34 Å². The summed E-state index contributed by atoms with van der Waals surface area (Å²) in [5.41, 5.74) is -0.161. The highest BCUT2D eigenvalue weighted by molar-refractivity contribution is 8.01. The lowest BCUT2D eigenvalue weighted by Gasteiger charge is -2.24. The van der Waals surface area contributed by atoms with Crippen molar-refractivity contribution in [3.8, 4) is 0 Å². The third-order valence-electron chi connectivity index (χ3n) is 2.68. The van der Waals surface area contributed by atoms with E-state index in [9.17, 15) is 4.79 Å². The monoisotopic (exact) mass is 318 g/mol. The maximum atomic E-state index is 11.8. The molecule has 0 fully saturated rings. The van der Waals surface area contributed by atoms with E-state index in [-0.39, 0.29) is 11.4 Å². The fourth-order valence-corrected chi connectivity index (χ4v) is 2.81. The first-order chi connectivity index (χ1) is 9.46. The van der Waals surface area contributed by atoms with Gasteiger partial charge in [-0.2, -0.15) is 0 Å². The Bertz CT molecular complexity index is 423. The Hall–Kier alpha value is -0.860. The maximum Gasteiger partial charge on any atom is 0.230 e. The van der Waals surface area contributed by atoms with Gasteiger partial charge in [-0.1, -0.05) is 30.0 Å². The molecule has 8 heteroatoms. The van der Waals surface area contributed by atoms with Gasteiger partial charge in [-0.3, -0.25) is 4.79 Å². The van der Waals surface area contributed by atoms with E-state index >= 15 is 0 Å². The number of nitrogens with one attached hydrogen (secondary N) is 2. The van der Waals surface area contributed by atoms with Crippen LogP contribution in [0, 0.1) is 0 Å². The van der Waals surface area contributed by atoms with Crippen molar-refractivity contribution in [1.29, 1.82) is 0 Å². The first-order valence-electron chi connectivity index (χ1n) is 6.47. The highest BCUT2D eigenvalue weighted by atomic mass is 32.2. The number of carbonyl (C=O) groups excluding carboxylic acids is 1. The lowest BCUT2D eigenvalue weighted by atomic mass is 10.0. The van der Waals surface area contributed by atoms with Crippen LogP contribution in [0.2, 0.25) is 0 Å². The molecule has 114 valence electrons. The molecule has 0 aliphatic rings. The van der Waals surface area contributed by atoms with Crippen LogP contribution in [0.4, 0.5) is 5.13 Å². The minimum absolute atomic E-state index is 0.0194. The molecule has 1 amide bonds. The van der Waals surface area contributed by atoms with Crippen LogP contribution in [0.1, 0.15) is 27.2 Å². The molecule has 1 aromatic rings. The van der Waals surface area contributed by atoms with Gasteiger partial charge in [-0.05, 0) is 20.3 Å². The average Bonchev–Trinajstić information content (AvgIpc) is 2.84. The van der Waals surface area contributed by atoms with Crippen molar-refractivity contribution < 1.29 is 9.53 Å². The molecule has 0 spiro atoms. The van der Waals surface area contributed by atoms with Crippen molar-refractivity contribution in [2.75, 3.05) is 31.3 Å². The van der Waals surface area contributed by atoms with E-state index in [1.807, 2.05) is 13.8 Å². The highest BCUT2D eigenvalue weighted by Crippen LogP contribution is 2.25. The molecule has 1 heterocycles. The largest absolute Gasteiger partial charge is 0.383 e. The summed E-state index contributed by atoms with van der Waals surface area (Å²) in [6, 6.07) is 0. The van der Waals surface area contributed by atoms with Crippen molar-refractivity contribution in [3.05, 3.63) is 0 Å². The lowest BCUT2D eigenvalue weighted by molar-refractivity contribution is -0.120. The summed E-state index contributed by atoms with van der Waals surface area (Å²) in [4.78, 5) is 11.8. The Labute approximate surface area is 128 Å². The Morgan fingerprint density at radius 3 is 2.85 bits per heavy atom. The van der Waals surface area contributed by atoms with Gasteiger partial charge in [0.25, 0.3) is 0 Å². The first kappa shape index (κ1) is 17.2. The molecule has 1 rings (SSSR count). The number of hydrogen-bond acceptors (Lipinski definition) is 7. The van der Waals surface area contributed by atoms with Crippen molar-refractivity contribution in [2.45, 2.75) is 37.1 Å². The number of carbonyl (C=O) groups is 1. The molecule has 20 heavy (non-hydrogen) atoms. The molecule has 0 aliphatic carbocycles. The zero-order valence-corrected chi connectivity index (χ0v) is 14.0. The van der Waals surface area contributed by atoms with Crippen molar-refractivity contribution >= 4 is 34.1 Å².